The van der Waals surface area contributed by atoms with Gasteiger partial charge in [-0.05, 0) is 25.7 Å². The first-order chi connectivity index (χ1) is 11.2. The van der Waals surface area contributed by atoms with Crippen molar-refractivity contribution in [3.63, 3.8) is 0 Å². The number of hydrogen-bond donors (Lipinski definition) is 0. The van der Waals surface area contributed by atoms with Gasteiger partial charge >= 0.3 is 9.05 Å². The summed E-state index contributed by atoms with van der Waals surface area (Å²) in [6, 6.07) is 0. The Morgan fingerprint density at radius 2 is 0.826 bits per heavy atom. The molecule has 0 rings (SSSR count). The monoisotopic (exact) mass is 348 g/mol. The van der Waals surface area contributed by atoms with E-state index in [1.165, 1.54) is 38.5 Å². The van der Waals surface area contributed by atoms with Crippen LogP contribution in [0.5, 0.6) is 0 Å². The quantitative estimate of drug-likeness (QED) is 0.243. The van der Waals surface area contributed by atoms with Crippen molar-refractivity contribution in [2.24, 2.45) is 0 Å². The molecule has 140 valence electrons. The van der Waals surface area contributed by atoms with Crippen LogP contribution in [-0.4, -0.2) is 35.5 Å². The number of hydrogen-bond acceptors (Lipinski definition) is 4. The molecule has 0 atom stereocenters. The lowest BCUT2D eigenvalue weighted by atomic mass is 10.1. The zero-order chi connectivity index (χ0) is 17.2. The molecular weight excluding hydrogens is 308 g/mol. The fourth-order valence-corrected chi connectivity index (χ4v) is 4.44. The molecule has 0 aliphatic carbocycles. The highest BCUT2D eigenvalue weighted by molar-refractivity contribution is 6.53. The average molecular weight is 349 g/mol. The fourth-order valence-electron chi connectivity index (χ4n) is 2.19. The Balaban J connectivity index is 4.14. The first-order valence-electron chi connectivity index (χ1n) is 9.80. The van der Waals surface area contributed by atoms with Crippen molar-refractivity contribution in [2.75, 3.05) is 26.4 Å². The van der Waals surface area contributed by atoms with Gasteiger partial charge in [0.25, 0.3) is 0 Å². The topological polar surface area (TPSA) is 36.9 Å². The summed E-state index contributed by atoms with van der Waals surface area (Å²) >= 11 is 0. The van der Waals surface area contributed by atoms with Gasteiger partial charge in [0.15, 0.2) is 0 Å². The van der Waals surface area contributed by atoms with Crippen molar-refractivity contribution < 1.29 is 17.7 Å². The van der Waals surface area contributed by atoms with Gasteiger partial charge in [-0.25, -0.2) is 0 Å². The summed E-state index contributed by atoms with van der Waals surface area (Å²) in [5, 5.41) is 0. The van der Waals surface area contributed by atoms with Crippen molar-refractivity contribution in [1.29, 1.82) is 0 Å². The maximum absolute atomic E-state index is 6.04. The maximum Gasteiger partial charge on any atom is 0.679 e. The van der Waals surface area contributed by atoms with Crippen LogP contribution < -0.4 is 0 Å². The average Bonchev–Trinajstić information content (AvgIpc) is 2.58. The number of rotatable bonds is 18. The normalized spacial score (nSPS) is 12.0. The van der Waals surface area contributed by atoms with Gasteiger partial charge in [0, 0.05) is 26.4 Å². The Bertz CT molecular complexity index is 217. The molecule has 0 amide bonds. The van der Waals surface area contributed by atoms with Gasteiger partial charge in [-0.15, -0.1) is 0 Å². The van der Waals surface area contributed by atoms with E-state index in [0.29, 0.717) is 26.4 Å². The molecule has 4 nitrogen and oxygen atoms in total. The van der Waals surface area contributed by atoms with Crippen molar-refractivity contribution in [3.05, 3.63) is 0 Å². The first kappa shape index (κ1) is 23.1. The molecule has 5 heteroatoms. The highest BCUT2D eigenvalue weighted by Crippen LogP contribution is 2.15. The molecule has 0 saturated carbocycles. The molecule has 0 aliphatic heterocycles. The van der Waals surface area contributed by atoms with Crippen LogP contribution in [0.4, 0.5) is 0 Å². The van der Waals surface area contributed by atoms with Crippen LogP contribution >= 0.6 is 0 Å². The standard InChI is InChI=1S/C18H40O4Si/c1-5-9-10-11-12-13-14-18-22-23(19-15-6-2,20-16-7-3)21-17-8-4/h5-18H2,1-4H3. The van der Waals surface area contributed by atoms with Gasteiger partial charge in [-0.2, -0.15) is 0 Å². The molecule has 0 aromatic heterocycles. The van der Waals surface area contributed by atoms with Crippen molar-refractivity contribution in [1.82, 2.24) is 0 Å². The largest absolute Gasteiger partial charge is 0.679 e. The molecule has 0 N–H and O–H groups in total. The molecule has 0 aromatic rings. The van der Waals surface area contributed by atoms with Gasteiger partial charge < -0.3 is 17.7 Å². The van der Waals surface area contributed by atoms with Crippen LogP contribution in [0.2, 0.25) is 0 Å². The van der Waals surface area contributed by atoms with Crippen LogP contribution in [0.1, 0.15) is 91.9 Å². The van der Waals surface area contributed by atoms with Crippen LogP contribution in [0.25, 0.3) is 0 Å². The van der Waals surface area contributed by atoms with Crippen LogP contribution in [0, 0.1) is 0 Å². The predicted octanol–water partition coefficient (Wildman–Crippen LogP) is 5.47. The predicted molar refractivity (Wildman–Crippen MR) is 98.4 cm³/mol. The van der Waals surface area contributed by atoms with Crippen molar-refractivity contribution >= 4 is 9.05 Å². The third-order valence-electron chi connectivity index (χ3n) is 3.48. The summed E-state index contributed by atoms with van der Waals surface area (Å²) in [5.41, 5.74) is 0. The minimum Gasteiger partial charge on any atom is -0.351 e. The lowest BCUT2D eigenvalue weighted by molar-refractivity contribution is -0.0354. The summed E-state index contributed by atoms with van der Waals surface area (Å²) in [7, 11) is -2.94. The van der Waals surface area contributed by atoms with Crippen LogP contribution in [-0.2, 0) is 17.7 Å². The molecule has 0 heterocycles. The summed E-state index contributed by atoms with van der Waals surface area (Å²) in [4.78, 5) is 0. The van der Waals surface area contributed by atoms with E-state index in [1.54, 1.807) is 0 Å². The molecule has 0 spiro atoms. The summed E-state index contributed by atoms with van der Waals surface area (Å²) in [5.74, 6) is 0. The molecule has 0 aromatic carbocycles. The Hall–Kier alpha value is 0.0569. The Morgan fingerprint density at radius 1 is 0.435 bits per heavy atom. The Morgan fingerprint density at radius 3 is 1.26 bits per heavy atom. The second-order valence-corrected chi connectivity index (χ2v) is 8.17. The Kier molecular flexibility index (Phi) is 16.9. The summed E-state index contributed by atoms with van der Waals surface area (Å²) in [6.07, 6.45) is 11.7. The third-order valence-corrected chi connectivity index (χ3v) is 5.71. The number of unbranched alkanes of at least 4 members (excludes halogenated alkanes) is 6. The van der Waals surface area contributed by atoms with Crippen LogP contribution in [0.3, 0.4) is 0 Å². The zero-order valence-corrected chi connectivity index (χ0v) is 17.0. The van der Waals surface area contributed by atoms with Gasteiger partial charge in [-0.3, -0.25) is 0 Å². The van der Waals surface area contributed by atoms with Crippen LogP contribution in [0.15, 0.2) is 0 Å². The molecular formula is C18H40O4Si. The van der Waals surface area contributed by atoms with E-state index in [2.05, 4.69) is 27.7 Å². The lowest BCUT2D eigenvalue weighted by Crippen LogP contribution is -2.50. The minimum atomic E-state index is -2.94. The van der Waals surface area contributed by atoms with Gasteiger partial charge in [0.1, 0.15) is 0 Å². The fraction of sp³-hybridized carbons (Fsp3) is 1.00. The first-order valence-corrected chi connectivity index (χ1v) is 11.4. The zero-order valence-electron chi connectivity index (χ0n) is 16.0. The van der Waals surface area contributed by atoms with E-state index in [1.807, 2.05) is 0 Å². The molecule has 0 bridgehead atoms. The van der Waals surface area contributed by atoms with E-state index in [9.17, 15) is 0 Å². The molecule has 0 radical (unpaired) electrons. The molecule has 0 saturated heterocycles. The van der Waals surface area contributed by atoms with E-state index < -0.39 is 9.05 Å². The maximum atomic E-state index is 6.04. The van der Waals surface area contributed by atoms with E-state index in [4.69, 9.17) is 17.7 Å². The van der Waals surface area contributed by atoms with Gasteiger partial charge in [-0.1, -0.05) is 66.2 Å². The third kappa shape index (κ3) is 13.1. The van der Waals surface area contributed by atoms with Gasteiger partial charge in [0.05, 0.1) is 0 Å². The highest BCUT2D eigenvalue weighted by atomic mass is 28.4. The summed E-state index contributed by atoms with van der Waals surface area (Å²) < 4.78 is 23.8. The van der Waals surface area contributed by atoms with E-state index >= 15 is 0 Å². The van der Waals surface area contributed by atoms with Crippen molar-refractivity contribution in [2.45, 2.75) is 91.9 Å². The lowest BCUT2D eigenvalue weighted by Gasteiger charge is -2.28. The van der Waals surface area contributed by atoms with E-state index in [0.717, 1.165) is 25.7 Å². The van der Waals surface area contributed by atoms with E-state index in [-0.39, 0.29) is 0 Å². The summed E-state index contributed by atoms with van der Waals surface area (Å²) in [6.45, 7) is 11.1. The molecule has 0 aliphatic rings. The molecule has 0 fully saturated rings. The Labute approximate surface area is 145 Å². The second kappa shape index (κ2) is 16.9. The highest BCUT2D eigenvalue weighted by Gasteiger charge is 2.45. The SMILES string of the molecule is CCCCCCCCCO[Si](OCCC)(OCCC)OCCC. The minimum absolute atomic E-state index is 0.636. The smallest absolute Gasteiger partial charge is 0.351 e. The second-order valence-electron chi connectivity index (χ2n) is 6.02. The van der Waals surface area contributed by atoms with Crippen molar-refractivity contribution in [3.8, 4) is 0 Å². The molecule has 0 unspecified atom stereocenters. The molecule has 23 heavy (non-hydrogen) atoms. The van der Waals surface area contributed by atoms with Gasteiger partial charge in [0.2, 0.25) is 0 Å².